The first-order valence-corrected chi connectivity index (χ1v) is 11.9. The Balaban J connectivity index is 1.66. The summed E-state index contributed by atoms with van der Waals surface area (Å²) in [6, 6.07) is 9.14. The molecule has 0 aliphatic carbocycles. The third kappa shape index (κ3) is 4.70. The number of rotatable bonds is 5. The zero-order valence-electron chi connectivity index (χ0n) is 17.9. The van der Waals surface area contributed by atoms with Gasteiger partial charge in [-0.15, -0.1) is 0 Å². The predicted molar refractivity (Wildman–Crippen MR) is 120 cm³/mol. The van der Waals surface area contributed by atoms with Crippen LogP contribution in [-0.4, -0.2) is 51.4 Å². The molecule has 3 rings (SSSR count). The Morgan fingerprint density at radius 3 is 2.20 bits per heavy atom. The highest BCUT2D eigenvalue weighted by Gasteiger charge is 2.33. The number of para-hydroxylation sites is 1. The second kappa shape index (κ2) is 9.06. The van der Waals surface area contributed by atoms with E-state index < -0.39 is 10.0 Å². The molecular weight excluding hydrogens is 422 g/mol. The lowest BCUT2D eigenvalue weighted by Gasteiger charge is -2.32. The number of piperazine rings is 1. The maximum Gasteiger partial charge on any atom is 0.279 e. The number of sulfonamides is 1. The number of carbonyl (C=O) groups excluding carboxylic acids is 1. The SMILES string of the molecule is Cc1cc(C)c(C)c(S(=O)(=O)N2CC[NH+](CC(=O)Nc3ccccc3Cl)CC2)c1C. The first kappa shape index (κ1) is 22.7. The fourth-order valence-corrected chi connectivity index (χ4v) is 6.10. The van der Waals surface area contributed by atoms with E-state index in [9.17, 15) is 13.2 Å². The Kier molecular flexibility index (Phi) is 6.87. The molecule has 30 heavy (non-hydrogen) atoms. The van der Waals surface area contributed by atoms with Crippen LogP contribution in [-0.2, 0) is 14.8 Å². The number of amides is 1. The molecule has 0 unspecified atom stereocenters. The van der Waals surface area contributed by atoms with Crippen molar-refractivity contribution in [3.63, 3.8) is 0 Å². The number of hydrogen-bond acceptors (Lipinski definition) is 3. The van der Waals surface area contributed by atoms with E-state index >= 15 is 0 Å². The third-order valence-corrected chi connectivity index (χ3v) is 8.39. The first-order valence-electron chi connectivity index (χ1n) is 10.1. The van der Waals surface area contributed by atoms with Gasteiger partial charge in [0.2, 0.25) is 10.0 Å². The Labute approximate surface area is 183 Å². The zero-order chi connectivity index (χ0) is 22.1. The van der Waals surface area contributed by atoms with Crippen LogP contribution in [0.5, 0.6) is 0 Å². The summed E-state index contributed by atoms with van der Waals surface area (Å²) in [5.41, 5.74) is 4.18. The number of anilines is 1. The summed E-state index contributed by atoms with van der Waals surface area (Å²) in [6.45, 7) is 9.86. The van der Waals surface area contributed by atoms with Crippen LogP contribution >= 0.6 is 11.6 Å². The Bertz CT molecular complexity index is 1040. The molecule has 1 heterocycles. The van der Waals surface area contributed by atoms with Gasteiger partial charge in [-0.3, -0.25) is 4.79 Å². The number of halogens is 1. The highest BCUT2D eigenvalue weighted by atomic mass is 35.5. The summed E-state index contributed by atoms with van der Waals surface area (Å²) in [5, 5.41) is 3.32. The van der Waals surface area contributed by atoms with Gasteiger partial charge in [0, 0.05) is 0 Å². The second-order valence-corrected chi connectivity index (χ2v) is 10.2. The first-order chi connectivity index (χ1) is 14.1. The molecule has 0 spiro atoms. The fraction of sp³-hybridized carbons (Fsp3) is 0.409. The Morgan fingerprint density at radius 2 is 1.63 bits per heavy atom. The summed E-state index contributed by atoms with van der Waals surface area (Å²) < 4.78 is 28.3. The van der Waals surface area contributed by atoms with Gasteiger partial charge in [0.05, 0.1) is 41.8 Å². The van der Waals surface area contributed by atoms with E-state index in [1.54, 1.807) is 16.4 Å². The molecule has 0 bridgehead atoms. The Hall–Kier alpha value is -1.93. The lowest BCUT2D eigenvalue weighted by atomic mass is 10.0. The van der Waals surface area contributed by atoms with Gasteiger partial charge in [-0.1, -0.05) is 29.8 Å². The molecule has 8 heteroatoms. The smallest absolute Gasteiger partial charge is 0.279 e. The van der Waals surface area contributed by atoms with Gasteiger partial charge in [-0.25, -0.2) is 8.42 Å². The molecule has 0 aromatic heterocycles. The van der Waals surface area contributed by atoms with Gasteiger partial charge in [0.1, 0.15) is 0 Å². The molecular formula is C22H29ClN3O3S+. The summed E-state index contributed by atoms with van der Waals surface area (Å²) in [7, 11) is -3.57. The molecule has 1 aliphatic heterocycles. The number of nitrogens with one attached hydrogen (secondary N) is 2. The normalized spacial score (nSPS) is 15.9. The number of aryl methyl sites for hydroxylation is 2. The van der Waals surface area contributed by atoms with E-state index in [-0.39, 0.29) is 12.5 Å². The minimum Gasteiger partial charge on any atom is -0.325 e. The van der Waals surface area contributed by atoms with Crippen molar-refractivity contribution < 1.29 is 18.1 Å². The van der Waals surface area contributed by atoms with Gasteiger partial charge in [0.25, 0.3) is 5.91 Å². The highest BCUT2D eigenvalue weighted by molar-refractivity contribution is 7.89. The summed E-state index contributed by atoms with van der Waals surface area (Å²) in [6.07, 6.45) is 0. The van der Waals surface area contributed by atoms with Crippen LogP contribution in [0.3, 0.4) is 0 Å². The standard InChI is InChI=1S/C22H28ClN3O3S/c1-15-13-16(2)18(4)22(17(15)3)30(28,29)26-11-9-25(10-12-26)14-21(27)24-20-8-6-5-7-19(20)23/h5-8,13H,9-12,14H2,1-4H3,(H,24,27)/p+1. The van der Waals surface area contributed by atoms with E-state index in [1.165, 1.54) is 0 Å². The van der Waals surface area contributed by atoms with Crippen molar-refractivity contribution in [3.8, 4) is 0 Å². The van der Waals surface area contributed by atoms with Crippen LogP contribution in [0.2, 0.25) is 5.02 Å². The van der Waals surface area contributed by atoms with Crippen molar-refractivity contribution in [2.45, 2.75) is 32.6 Å². The van der Waals surface area contributed by atoms with Crippen LogP contribution < -0.4 is 10.2 Å². The number of quaternary nitrogens is 1. The van der Waals surface area contributed by atoms with Crippen LogP contribution in [0, 0.1) is 27.7 Å². The fourth-order valence-electron chi connectivity index (χ4n) is 3.90. The zero-order valence-corrected chi connectivity index (χ0v) is 19.5. The second-order valence-electron chi connectivity index (χ2n) is 7.95. The van der Waals surface area contributed by atoms with Gasteiger partial charge >= 0.3 is 0 Å². The number of benzene rings is 2. The maximum atomic E-state index is 13.4. The monoisotopic (exact) mass is 450 g/mol. The van der Waals surface area contributed by atoms with Crippen molar-refractivity contribution in [2.75, 3.05) is 38.0 Å². The van der Waals surface area contributed by atoms with Crippen molar-refractivity contribution in [3.05, 3.63) is 57.6 Å². The molecule has 1 aliphatic rings. The minimum atomic E-state index is -3.57. The summed E-state index contributed by atoms with van der Waals surface area (Å²) in [5.74, 6) is -0.129. The van der Waals surface area contributed by atoms with Crippen molar-refractivity contribution >= 4 is 33.2 Å². The lowest BCUT2D eigenvalue weighted by Crippen LogP contribution is -3.15. The summed E-state index contributed by atoms with van der Waals surface area (Å²) in [4.78, 5) is 13.9. The average Bonchev–Trinajstić information content (AvgIpc) is 2.68. The van der Waals surface area contributed by atoms with Crippen molar-refractivity contribution in [1.82, 2.24) is 4.31 Å². The highest BCUT2D eigenvalue weighted by Crippen LogP contribution is 2.28. The Morgan fingerprint density at radius 1 is 1.07 bits per heavy atom. The number of nitrogens with zero attached hydrogens (tertiary/aromatic N) is 1. The van der Waals surface area contributed by atoms with Crippen molar-refractivity contribution in [1.29, 1.82) is 0 Å². The molecule has 0 saturated carbocycles. The van der Waals surface area contributed by atoms with Crippen LogP contribution in [0.4, 0.5) is 5.69 Å². The predicted octanol–water partition coefficient (Wildman–Crippen LogP) is 2.10. The molecule has 2 aromatic carbocycles. The molecule has 0 radical (unpaired) electrons. The van der Waals surface area contributed by atoms with Crippen molar-refractivity contribution in [2.24, 2.45) is 0 Å². The van der Waals surface area contributed by atoms with E-state index in [0.717, 1.165) is 27.2 Å². The molecule has 1 saturated heterocycles. The molecule has 2 N–H and O–H groups in total. The van der Waals surface area contributed by atoms with Crippen LogP contribution in [0.15, 0.2) is 35.2 Å². The van der Waals surface area contributed by atoms with Gasteiger partial charge in [-0.05, 0) is 62.1 Å². The van der Waals surface area contributed by atoms with Gasteiger partial charge < -0.3 is 10.2 Å². The van der Waals surface area contributed by atoms with Gasteiger partial charge in [0.15, 0.2) is 6.54 Å². The van der Waals surface area contributed by atoms with E-state index in [0.29, 0.717) is 41.8 Å². The minimum absolute atomic E-state index is 0.129. The van der Waals surface area contributed by atoms with E-state index in [1.807, 2.05) is 45.9 Å². The lowest BCUT2D eigenvalue weighted by molar-refractivity contribution is -0.895. The molecule has 162 valence electrons. The maximum absolute atomic E-state index is 13.4. The molecule has 1 fully saturated rings. The number of hydrogen-bond donors (Lipinski definition) is 2. The van der Waals surface area contributed by atoms with Crippen LogP contribution in [0.1, 0.15) is 22.3 Å². The molecule has 2 aromatic rings. The van der Waals surface area contributed by atoms with E-state index in [2.05, 4.69) is 5.32 Å². The molecule has 1 amide bonds. The number of carbonyl (C=O) groups is 1. The van der Waals surface area contributed by atoms with Crippen LogP contribution in [0.25, 0.3) is 0 Å². The summed E-state index contributed by atoms with van der Waals surface area (Å²) >= 11 is 6.09. The van der Waals surface area contributed by atoms with Gasteiger partial charge in [-0.2, -0.15) is 4.31 Å². The largest absolute Gasteiger partial charge is 0.325 e. The van der Waals surface area contributed by atoms with E-state index in [4.69, 9.17) is 11.6 Å². The average molecular weight is 451 g/mol. The quantitative estimate of drug-likeness (QED) is 0.732. The topological polar surface area (TPSA) is 70.9 Å². The molecule has 6 nitrogen and oxygen atoms in total. The third-order valence-electron chi connectivity index (χ3n) is 5.88. The molecule has 0 atom stereocenters.